The van der Waals surface area contributed by atoms with Crippen molar-refractivity contribution >= 4 is 28.9 Å². The minimum Gasteiger partial charge on any atom is -0.452 e. The number of benzene rings is 3. The summed E-state index contributed by atoms with van der Waals surface area (Å²) in [6.07, 6.45) is -4.69. The highest BCUT2D eigenvalue weighted by atomic mass is 19.4. The number of nitrogens with zero attached hydrogens (tertiary/aromatic N) is 1. The molecule has 34 heavy (non-hydrogen) atoms. The van der Waals surface area contributed by atoms with Crippen molar-refractivity contribution in [1.29, 1.82) is 0 Å². The highest BCUT2D eigenvalue weighted by Gasteiger charge is 2.33. The van der Waals surface area contributed by atoms with Crippen molar-refractivity contribution in [3.63, 3.8) is 0 Å². The summed E-state index contributed by atoms with van der Waals surface area (Å²) in [5.41, 5.74) is -1.02. The number of ether oxygens (including phenoxy) is 1. The molecule has 0 saturated heterocycles. The van der Waals surface area contributed by atoms with Crippen molar-refractivity contribution < 1.29 is 32.4 Å². The number of carbonyl (C=O) groups excluding carboxylic acids is 2. The van der Waals surface area contributed by atoms with Crippen molar-refractivity contribution in [2.45, 2.75) is 12.7 Å². The summed E-state index contributed by atoms with van der Waals surface area (Å²) in [5, 5.41) is 16.2. The summed E-state index contributed by atoms with van der Waals surface area (Å²) < 4.78 is 44.2. The van der Waals surface area contributed by atoms with Gasteiger partial charge >= 0.3 is 12.1 Å². The molecule has 0 spiro atoms. The van der Waals surface area contributed by atoms with E-state index in [1.54, 1.807) is 0 Å². The van der Waals surface area contributed by atoms with Crippen LogP contribution in [0.3, 0.4) is 0 Å². The molecule has 0 aromatic heterocycles. The number of nitro groups is 1. The third-order valence-corrected chi connectivity index (χ3v) is 4.60. The number of para-hydroxylation sites is 1. The van der Waals surface area contributed by atoms with Gasteiger partial charge in [0, 0.05) is 24.4 Å². The van der Waals surface area contributed by atoms with E-state index in [9.17, 15) is 32.9 Å². The number of nitro benzene ring substituents is 1. The smallest absolute Gasteiger partial charge is 0.418 e. The molecule has 0 unspecified atom stereocenters. The largest absolute Gasteiger partial charge is 0.452 e. The number of alkyl halides is 3. The van der Waals surface area contributed by atoms with Crippen LogP contribution in [0.2, 0.25) is 0 Å². The Balaban J connectivity index is 1.71. The maximum Gasteiger partial charge on any atom is 0.418 e. The molecule has 0 aliphatic carbocycles. The molecule has 0 radical (unpaired) electrons. The molecule has 0 saturated carbocycles. The molecular weight excluding hydrogens is 455 g/mol. The van der Waals surface area contributed by atoms with Gasteiger partial charge < -0.3 is 15.4 Å². The van der Waals surface area contributed by atoms with Gasteiger partial charge in [0.05, 0.1) is 21.7 Å². The summed E-state index contributed by atoms with van der Waals surface area (Å²) in [6, 6.07) is 17.0. The number of hydrogen-bond acceptors (Lipinski definition) is 6. The van der Waals surface area contributed by atoms with Gasteiger partial charge in [0.2, 0.25) is 0 Å². The first-order chi connectivity index (χ1) is 16.1. The monoisotopic (exact) mass is 473 g/mol. The number of non-ortho nitro benzene ring substituents is 1. The molecule has 11 heteroatoms. The fourth-order valence-corrected chi connectivity index (χ4v) is 3.00. The van der Waals surface area contributed by atoms with Crippen LogP contribution < -0.4 is 10.6 Å². The van der Waals surface area contributed by atoms with Crippen molar-refractivity contribution in [3.05, 3.63) is 99.6 Å². The van der Waals surface area contributed by atoms with E-state index in [1.165, 1.54) is 24.3 Å². The summed E-state index contributed by atoms with van der Waals surface area (Å²) in [6.45, 7) is -0.598. The standard InChI is InChI=1S/C23H18F3N3O5/c24-23(25,26)18-8-4-5-9-20(18)28-21(30)14-34-22(31)17-12-16(29(32)33)10-11-19(17)27-13-15-6-2-1-3-7-15/h1-12,27H,13-14H2,(H,28,30). The summed E-state index contributed by atoms with van der Waals surface area (Å²) in [5.74, 6) is -2.06. The molecule has 0 bridgehead atoms. The predicted molar refractivity (Wildman–Crippen MR) is 117 cm³/mol. The Morgan fingerprint density at radius 1 is 0.941 bits per heavy atom. The molecule has 0 aliphatic heterocycles. The minimum atomic E-state index is -4.69. The first-order valence-corrected chi connectivity index (χ1v) is 9.84. The van der Waals surface area contributed by atoms with Gasteiger partial charge in [-0.25, -0.2) is 4.79 Å². The molecule has 3 rings (SSSR count). The molecule has 3 aromatic rings. The summed E-state index contributed by atoms with van der Waals surface area (Å²) in [7, 11) is 0. The van der Waals surface area contributed by atoms with Gasteiger partial charge in [-0.1, -0.05) is 42.5 Å². The Kier molecular flexibility index (Phi) is 7.46. The van der Waals surface area contributed by atoms with Crippen LogP contribution in [0.4, 0.5) is 30.2 Å². The Labute approximate surface area is 191 Å². The molecule has 8 nitrogen and oxygen atoms in total. The van der Waals surface area contributed by atoms with Crippen molar-refractivity contribution in [3.8, 4) is 0 Å². The average Bonchev–Trinajstić information content (AvgIpc) is 2.81. The predicted octanol–water partition coefficient (Wildman–Crippen LogP) is 5.02. The van der Waals surface area contributed by atoms with Gasteiger partial charge in [0.25, 0.3) is 11.6 Å². The zero-order chi connectivity index (χ0) is 24.7. The fourth-order valence-electron chi connectivity index (χ4n) is 3.00. The Morgan fingerprint density at radius 2 is 1.62 bits per heavy atom. The number of nitrogens with one attached hydrogen (secondary N) is 2. The van der Waals surface area contributed by atoms with Crippen molar-refractivity contribution in [2.75, 3.05) is 17.2 Å². The van der Waals surface area contributed by atoms with E-state index < -0.39 is 40.8 Å². The molecule has 0 fully saturated rings. The first kappa shape index (κ1) is 24.2. The maximum absolute atomic E-state index is 13.1. The van der Waals surface area contributed by atoms with Crippen LogP contribution in [0, 0.1) is 10.1 Å². The lowest BCUT2D eigenvalue weighted by atomic mass is 10.1. The topological polar surface area (TPSA) is 111 Å². The van der Waals surface area contributed by atoms with E-state index in [-0.39, 0.29) is 16.9 Å². The Bertz CT molecular complexity index is 1200. The first-order valence-electron chi connectivity index (χ1n) is 9.84. The Hall–Kier alpha value is -4.41. The molecule has 176 valence electrons. The molecule has 0 atom stereocenters. The van der Waals surface area contributed by atoms with E-state index in [0.29, 0.717) is 6.54 Å². The van der Waals surface area contributed by atoms with Gasteiger partial charge in [-0.3, -0.25) is 14.9 Å². The van der Waals surface area contributed by atoms with E-state index >= 15 is 0 Å². The van der Waals surface area contributed by atoms with Gasteiger partial charge in [0.1, 0.15) is 0 Å². The molecular formula is C23H18F3N3O5. The van der Waals surface area contributed by atoms with Crippen LogP contribution in [0.15, 0.2) is 72.8 Å². The number of hydrogen-bond donors (Lipinski definition) is 2. The van der Waals surface area contributed by atoms with Crippen LogP contribution in [0.5, 0.6) is 0 Å². The highest BCUT2D eigenvalue weighted by molar-refractivity contribution is 5.99. The lowest BCUT2D eigenvalue weighted by Gasteiger charge is -2.14. The fraction of sp³-hybridized carbons (Fsp3) is 0.130. The van der Waals surface area contributed by atoms with Crippen LogP contribution in [0.25, 0.3) is 0 Å². The minimum absolute atomic E-state index is 0.200. The molecule has 2 N–H and O–H groups in total. The van der Waals surface area contributed by atoms with Crippen molar-refractivity contribution in [1.82, 2.24) is 0 Å². The second-order valence-electron chi connectivity index (χ2n) is 6.99. The van der Waals surface area contributed by atoms with Gasteiger partial charge in [-0.05, 0) is 23.8 Å². The second-order valence-corrected chi connectivity index (χ2v) is 6.99. The molecule has 0 heterocycles. The number of esters is 1. The number of rotatable bonds is 8. The number of anilines is 2. The molecule has 3 aromatic carbocycles. The normalized spacial score (nSPS) is 10.9. The van der Waals surface area contributed by atoms with Gasteiger partial charge in [-0.2, -0.15) is 13.2 Å². The van der Waals surface area contributed by atoms with Gasteiger partial charge in [-0.15, -0.1) is 0 Å². The van der Waals surface area contributed by atoms with Crippen LogP contribution in [0.1, 0.15) is 21.5 Å². The zero-order valence-corrected chi connectivity index (χ0v) is 17.5. The molecule has 0 aliphatic rings. The van der Waals surface area contributed by atoms with Gasteiger partial charge in [0.15, 0.2) is 6.61 Å². The third kappa shape index (κ3) is 6.31. The highest BCUT2D eigenvalue weighted by Crippen LogP contribution is 2.34. The Morgan fingerprint density at radius 3 is 2.29 bits per heavy atom. The van der Waals surface area contributed by atoms with Crippen molar-refractivity contribution in [2.24, 2.45) is 0 Å². The van der Waals surface area contributed by atoms with E-state index in [1.807, 2.05) is 30.3 Å². The lowest BCUT2D eigenvalue weighted by molar-refractivity contribution is -0.384. The summed E-state index contributed by atoms with van der Waals surface area (Å²) in [4.78, 5) is 35.1. The van der Waals surface area contributed by atoms with E-state index in [4.69, 9.17) is 4.74 Å². The SMILES string of the molecule is O=C(COC(=O)c1cc([N+](=O)[O-])ccc1NCc1ccccc1)Nc1ccccc1C(F)(F)F. The maximum atomic E-state index is 13.1. The van der Waals surface area contributed by atoms with Crippen LogP contribution in [-0.2, 0) is 22.3 Å². The number of carbonyl (C=O) groups is 2. The summed E-state index contributed by atoms with van der Waals surface area (Å²) >= 11 is 0. The van der Waals surface area contributed by atoms with E-state index in [2.05, 4.69) is 10.6 Å². The average molecular weight is 473 g/mol. The van der Waals surface area contributed by atoms with E-state index in [0.717, 1.165) is 23.8 Å². The van der Waals surface area contributed by atoms with Crippen LogP contribution >= 0.6 is 0 Å². The number of halogens is 3. The molecule has 1 amide bonds. The zero-order valence-electron chi connectivity index (χ0n) is 17.5. The third-order valence-electron chi connectivity index (χ3n) is 4.60. The lowest BCUT2D eigenvalue weighted by Crippen LogP contribution is -2.23. The van der Waals surface area contributed by atoms with Crippen LogP contribution in [-0.4, -0.2) is 23.4 Å². The quantitative estimate of drug-likeness (QED) is 0.270. The number of amides is 1. The second kappa shape index (κ2) is 10.5.